The van der Waals surface area contributed by atoms with Crippen molar-refractivity contribution in [3.63, 3.8) is 0 Å². The van der Waals surface area contributed by atoms with Gasteiger partial charge in [-0.25, -0.2) is 29.9 Å². The Morgan fingerprint density at radius 2 is 0.648 bits per heavy atom. The van der Waals surface area contributed by atoms with Crippen molar-refractivity contribution in [1.82, 2.24) is 43.6 Å². The number of hydrogen-bond donors (Lipinski definition) is 0. The topological polar surface area (TPSA) is 164 Å². The molecule has 0 amide bonds. The Labute approximate surface area is 623 Å². The van der Waals surface area contributed by atoms with Crippen LogP contribution in [0.3, 0.4) is 0 Å². The quantitative estimate of drug-likeness (QED) is 0.158. The Morgan fingerprint density at radius 1 is 0.278 bits per heavy atom. The third kappa shape index (κ3) is 9.72. The molecule has 3 aliphatic carbocycles. The predicted octanol–water partition coefficient (Wildman–Crippen LogP) is 22.3. The van der Waals surface area contributed by atoms with Crippen molar-refractivity contribution < 1.29 is 0 Å². The molecule has 3 aliphatic rings. The Kier molecular flexibility index (Phi) is 14.8. The van der Waals surface area contributed by atoms with Gasteiger partial charge in [-0.2, -0.15) is 15.8 Å². The minimum Gasteiger partial charge on any atom is -0.293 e. The average Bonchev–Trinajstić information content (AvgIpc) is 1.55. The van der Waals surface area contributed by atoms with Gasteiger partial charge in [0.25, 0.3) is 0 Å². The molecule has 0 unspecified atom stereocenters. The lowest BCUT2D eigenvalue weighted by atomic mass is 9.80. The van der Waals surface area contributed by atoms with Crippen LogP contribution in [0, 0.1) is 34.0 Å². The highest BCUT2D eigenvalue weighted by atomic mass is 15.1. The molecule has 0 saturated heterocycles. The van der Waals surface area contributed by atoms with E-state index >= 15 is 0 Å². The van der Waals surface area contributed by atoms with E-state index in [1.807, 2.05) is 109 Å². The summed E-state index contributed by atoms with van der Waals surface area (Å²) in [5.74, 6) is 3.60. The summed E-state index contributed by atoms with van der Waals surface area (Å²) < 4.78 is 6.40. The molecule has 0 atom stereocenters. The zero-order chi connectivity index (χ0) is 73.3. The zero-order valence-corrected chi connectivity index (χ0v) is 60.1. The van der Waals surface area contributed by atoms with E-state index in [1.165, 1.54) is 77.5 Å². The average molecular weight is 1390 g/mol. The van der Waals surface area contributed by atoms with Gasteiger partial charge >= 0.3 is 0 Å². The fourth-order valence-corrected chi connectivity index (χ4v) is 17.5. The fraction of sp³-hybridized carbons (Fsp3) is 0.0938. The van der Waals surface area contributed by atoms with Crippen LogP contribution in [0.1, 0.15) is 91.6 Å². The summed E-state index contributed by atoms with van der Waals surface area (Å²) in [5.41, 5.74) is 25.6. The van der Waals surface area contributed by atoms with Crippen LogP contribution in [0.2, 0.25) is 0 Å². The lowest BCUT2D eigenvalue weighted by molar-refractivity contribution is 0.661. The highest BCUT2D eigenvalue weighted by Crippen LogP contribution is 2.56. The number of aromatic nitrogens is 9. The molecule has 510 valence electrons. The maximum absolute atomic E-state index is 10.0. The van der Waals surface area contributed by atoms with E-state index in [4.69, 9.17) is 15.0 Å². The van der Waals surface area contributed by atoms with E-state index in [9.17, 15) is 15.8 Å². The third-order valence-electron chi connectivity index (χ3n) is 22.5. The minimum absolute atomic E-state index is 0.0868. The van der Waals surface area contributed by atoms with Gasteiger partial charge in [-0.15, -0.1) is 0 Å². The van der Waals surface area contributed by atoms with Gasteiger partial charge in [0.2, 0.25) is 0 Å². The van der Waals surface area contributed by atoms with Crippen molar-refractivity contribution in [3.05, 3.63) is 342 Å². The molecule has 0 saturated carbocycles. The molecule has 108 heavy (non-hydrogen) atoms. The van der Waals surface area contributed by atoms with Gasteiger partial charge in [0.15, 0.2) is 34.9 Å². The second kappa shape index (κ2) is 24.7. The van der Waals surface area contributed by atoms with Gasteiger partial charge < -0.3 is 0 Å². The van der Waals surface area contributed by atoms with Crippen molar-refractivity contribution >= 4 is 65.4 Å². The van der Waals surface area contributed by atoms with E-state index in [2.05, 4.69) is 252 Å². The number of rotatable bonds is 6. The van der Waals surface area contributed by atoms with Gasteiger partial charge in [-0.3, -0.25) is 13.7 Å². The molecule has 0 spiro atoms. The first-order valence-electron chi connectivity index (χ1n) is 36.3. The van der Waals surface area contributed by atoms with Crippen LogP contribution in [0.15, 0.2) is 292 Å². The van der Waals surface area contributed by atoms with E-state index in [0.29, 0.717) is 51.6 Å². The van der Waals surface area contributed by atoms with E-state index in [0.717, 1.165) is 71.3 Å². The second-order valence-corrected chi connectivity index (χ2v) is 29.5. The molecule has 6 aromatic heterocycles. The van der Waals surface area contributed by atoms with Crippen LogP contribution in [0.25, 0.3) is 150 Å². The normalized spacial score (nSPS) is 13.5. The summed E-state index contributed by atoms with van der Waals surface area (Å²) in [7, 11) is 0. The smallest absolute Gasteiger partial charge is 0.161 e. The predicted molar refractivity (Wildman–Crippen MR) is 432 cm³/mol. The lowest BCUT2D eigenvalue weighted by Gasteiger charge is -2.22. The summed E-state index contributed by atoms with van der Waals surface area (Å²) in [6.45, 7) is 13.8. The molecular formula is C96H66N12. The van der Waals surface area contributed by atoms with Crippen LogP contribution >= 0.6 is 0 Å². The van der Waals surface area contributed by atoms with Crippen molar-refractivity contribution in [2.75, 3.05) is 0 Å². The minimum atomic E-state index is -0.153. The number of nitriles is 3. The molecule has 12 nitrogen and oxygen atoms in total. The number of benzene rings is 12. The zero-order valence-electron chi connectivity index (χ0n) is 60.1. The maximum atomic E-state index is 10.0. The number of para-hydroxylation sites is 3. The Balaban J connectivity index is 0.000000110. The number of nitrogens with zero attached hydrogens (tertiary/aromatic N) is 12. The van der Waals surface area contributed by atoms with Crippen LogP contribution in [0.4, 0.5) is 0 Å². The van der Waals surface area contributed by atoms with Crippen LogP contribution in [-0.4, -0.2) is 43.6 Å². The highest BCUT2D eigenvalue weighted by Gasteiger charge is 2.41. The molecule has 18 aromatic rings. The first-order chi connectivity index (χ1) is 52.8. The summed E-state index contributed by atoms with van der Waals surface area (Å²) >= 11 is 0. The Hall–Kier alpha value is -14.3. The van der Waals surface area contributed by atoms with E-state index in [1.54, 1.807) is 18.6 Å². The Bertz CT molecular complexity index is 6830. The molecule has 0 fully saturated rings. The molecular weight excluding hydrogens is 1320 g/mol. The molecule has 0 N–H and O–H groups in total. The molecule has 0 radical (unpaired) electrons. The van der Waals surface area contributed by atoms with Crippen LogP contribution in [-0.2, 0) is 16.2 Å². The number of hydrogen-bond acceptors (Lipinski definition) is 9. The summed E-state index contributed by atoms with van der Waals surface area (Å²) in [5, 5.41) is 37.1. The molecule has 12 heteroatoms. The highest BCUT2D eigenvalue weighted by molar-refractivity contribution is 6.19. The van der Waals surface area contributed by atoms with Gasteiger partial charge in [0.1, 0.15) is 34.9 Å². The first kappa shape index (κ1) is 64.6. The second-order valence-electron chi connectivity index (χ2n) is 29.5. The monoisotopic (exact) mass is 1390 g/mol. The Morgan fingerprint density at radius 3 is 1.15 bits per heavy atom. The van der Waals surface area contributed by atoms with Crippen LogP contribution < -0.4 is 0 Å². The van der Waals surface area contributed by atoms with Crippen LogP contribution in [0.5, 0.6) is 0 Å². The van der Waals surface area contributed by atoms with Gasteiger partial charge in [-0.05, 0) is 109 Å². The summed E-state index contributed by atoms with van der Waals surface area (Å²) in [4.78, 5) is 28.4. The SMILES string of the molecule is CC1(C)c2ccccc2-c2c1ccc1c2c2ccccc2n1-c1nc(-c2ccccc2)ncc1C#N.CC1(C)c2ccccc2-c2cc3c(cc21)c1ccccc1n3-c1nc(-c2ccccc2)ncc1C#N.CC1(C)c2ccccc2-c2ccc3c(c21)c1ccccc1n3-c1nc(-c2ccccc2)ncc1C#N. The standard InChI is InChI=1S/3C32H22N4/c1-32(2)26-14-8-6-12-22(26)24-17-29-25(16-27(24)32)23-13-7-9-15-28(23)36(29)31-21(18-33)19-34-30(35-31)20-10-4-3-5-11-20;1-32(2)25-14-8-6-12-22(25)23-16-17-27-28(29(23)32)24-13-7-9-15-26(24)36(27)31-21(18-33)19-34-30(35-31)20-10-4-3-5-11-20;1-32(2)24-14-8-6-12-22(24)28-25(32)16-17-27-29(28)23-13-7-9-15-26(23)36(27)31-21(18-33)19-34-30(35-31)20-10-4-3-5-11-20/h3*3-17,19H,1-2H3. The van der Waals surface area contributed by atoms with Crippen molar-refractivity contribution in [2.24, 2.45) is 0 Å². The molecule has 0 aliphatic heterocycles. The van der Waals surface area contributed by atoms with Gasteiger partial charge in [0, 0.05) is 65.3 Å². The molecule has 6 heterocycles. The van der Waals surface area contributed by atoms with E-state index in [-0.39, 0.29) is 16.2 Å². The van der Waals surface area contributed by atoms with Gasteiger partial charge in [-0.1, -0.05) is 272 Å². The first-order valence-corrected chi connectivity index (χ1v) is 36.3. The third-order valence-corrected chi connectivity index (χ3v) is 22.5. The maximum Gasteiger partial charge on any atom is 0.161 e. The molecule has 0 bridgehead atoms. The summed E-state index contributed by atoms with van der Waals surface area (Å²) in [6, 6.07) is 101. The molecule has 12 aromatic carbocycles. The van der Waals surface area contributed by atoms with Crippen molar-refractivity contribution in [2.45, 2.75) is 57.8 Å². The van der Waals surface area contributed by atoms with E-state index < -0.39 is 0 Å². The van der Waals surface area contributed by atoms with Crippen molar-refractivity contribution in [3.8, 4) is 103 Å². The fourth-order valence-electron chi connectivity index (χ4n) is 17.5. The lowest BCUT2D eigenvalue weighted by Crippen LogP contribution is -2.15. The largest absolute Gasteiger partial charge is 0.293 e. The summed E-state index contributed by atoms with van der Waals surface area (Å²) in [6.07, 6.45) is 4.91. The number of fused-ring (bicyclic) bond motifs is 20. The van der Waals surface area contributed by atoms with Gasteiger partial charge in [0.05, 0.1) is 51.7 Å². The van der Waals surface area contributed by atoms with Crippen molar-refractivity contribution in [1.29, 1.82) is 15.8 Å². The molecule has 21 rings (SSSR count).